The van der Waals surface area contributed by atoms with Crippen LogP contribution in [0.25, 0.3) is 10.8 Å². The Morgan fingerprint density at radius 1 is 1.00 bits per heavy atom. The molecule has 0 N–H and O–H groups in total. The van der Waals surface area contributed by atoms with Crippen molar-refractivity contribution in [3.8, 4) is 0 Å². The molecule has 2 rings (SSSR count). The Labute approximate surface area is 72.4 Å². The first-order valence-electron chi connectivity index (χ1n) is 3.37. The first kappa shape index (κ1) is 7.24. The van der Waals surface area contributed by atoms with E-state index in [1.165, 1.54) is 0 Å². The van der Waals surface area contributed by atoms with Crippen molar-refractivity contribution < 1.29 is 3.61 Å². The minimum Gasteiger partial charge on any atom is -0.212 e. The van der Waals surface area contributed by atoms with E-state index in [0.29, 0.717) is 14.4 Å². The van der Waals surface area contributed by atoms with E-state index in [4.69, 9.17) is 0 Å². The summed E-state index contributed by atoms with van der Waals surface area (Å²) < 4.78 is 0.713. The lowest BCUT2D eigenvalue weighted by atomic mass is 10.2. The SMILES string of the molecule is O=c1c2ccccc2c(=O)[n+]1=S. The normalized spacial score (nSPS) is 10.7. The third-order valence-corrected chi connectivity index (χ3v) is 2.09. The molecule has 0 atom stereocenters. The van der Waals surface area contributed by atoms with Crippen molar-refractivity contribution in [2.24, 2.45) is 0 Å². The van der Waals surface area contributed by atoms with E-state index in [-0.39, 0.29) is 0 Å². The molecule has 1 heterocycles. The van der Waals surface area contributed by atoms with Gasteiger partial charge < -0.3 is 0 Å². The van der Waals surface area contributed by atoms with Crippen LogP contribution in [0.3, 0.4) is 0 Å². The highest BCUT2D eigenvalue weighted by molar-refractivity contribution is 7.66. The van der Waals surface area contributed by atoms with Gasteiger partial charge in [0.25, 0.3) is 12.4 Å². The summed E-state index contributed by atoms with van der Waals surface area (Å²) in [5.41, 5.74) is -0.795. The first-order chi connectivity index (χ1) is 5.72. The second-order valence-corrected chi connectivity index (χ2v) is 2.82. The maximum absolute atomic E-state index is 11.2. The highest BCUT2D eigenvalue weighted by Crippen LogP contribution is 2.00. The molecule has 12 heavy (non-hydrogen) atoms. The van der Waals surface area contributed by atoms with Crippen molar-refractivity contribution in [1.82, 2.24) is 0 Å². The molecule has 0 spiro atoms. The average Bonchev–Trinajstić information content (AvgIpc) is 2.33. The fraction of sp³-hybridized carbons (Fsp3) is 0. The van der Waals surface area contributed by atoms with Crippen LogP contribution in [0.15, 0.2) is 33.9 Å². The highest BCUT2D eigenvalue weighted by Gasteiger charge is 2.16. The van der Waals surface area contributed by atoms with Crippen molar-refractivity contribution in [2.45, 2.75) is 0 Å². The predicted octanol–water partition coefficient (Wildman–Crippen LogP) is -0.0350. The number of hydrogen-bond acceptors (Lipinski definition) is 3. The molecule has 0 radical (unpaired) electrons. The Morgan fingerprint density at radius 2 is 1.42 bits per heavy atom. The van der Waals surface area contributed by atoms with Crippen molar-refractivity contribution in [3.63, 3.8) is 0 Å². The fourth-order valence-electron chi connectivity index (χ4n) is 1.17. The first-order valence-corrected chi connectivity index (χ1v) is 3.73. The third-order valence-electron chi connectivity index (χ3n) is 1.76. The molecular formula is C8H4NO2S+. The molecule has 0 aliphatic carbocycles. The molecule has 58 valence electrons. The summed E-state index contributed by atoms with van der Waals surface area (Å²) in [5, 5.41) is 0.801. The zero-order valence-corrected chi connectivity index (χ0v) is 6.80. The van der Waals surface area contributed by atoms with Crippen LogP contribution in [0.4, 0.5) is 0 Å². The topological polar surface area (TPSA) is 40.0 Å². The van der Waals surface area contributed by atoms with Crippen molar-refractivity contribution in [1.29, 1.82) is 0 Å². The molecular weight excluding hydrogens is 174 g/mol. The second-order valence-electron chi connectivity index (χ2n) is 2.45. The molecule has 0 fully saturated rings. The van der Waals surface area contributed by atoms with E-state index >= 15 is 0 Å². The van der Waals surface area contributed by atoms with Gasteiger partial charge in [0.1, 0.15) is 10.8 Å². The highest BCUT2D eigenvalue weighted by atomic mass is 32.1. The summed E-state index contributed by atoms with van der Waals surface area (Å²) in [6, 6.07) is 6.61. The Morgan fingerprint density at radius 3 is 1.83 bits per heavy atom. The molecule has 0 amide bonds. The maximum Gasteiger partial charge on any atom is 0.442 e. The van der Waals surface area contributed by atoms with Gasteiger partial charge in [-0.15, -0.1) is 0 Å². The van der Waals surface area contributed by atoms with Crippen LogP contribution >= 0.6 is 12.4 Å². The molecule has 2 aromatic rings. The summed E-state index contributed by atoms with van der Waals surface area (Å²) in [5.74, 6) is 0. The molecule has 1 aromatic heterocycles. The Bertz CT molecular complexity index is 531. The van der Waals surface area contributed by atoms with Gasteiger partial charge in [0.2, 0.25) is 0 Å². The monoisotopic (exact) mass is 178 g/mol. The van der Waals surface area contributed by atoms with Gasteiger partial charge in [0.05, 0.1) is 0 Å². The van der Waals surface area contributed by atoms with E-state index < -0.39 is 11.1 Å². The largest absolute Gasteiger partial charge is 0.442 e. The maximum atomic E-state index is 11.2. The van der Waals surface area contributed by atoms with Gasteiger partial charge in [-0.1, -0.05) is 12.1 Å². The van der Waals surface area contributed by atoms with Gasteiger partial charge in [-0.05, 0) is 15.7 Å². The van der Waals surface area contributed by atoms with Gasteiger partial charge in [-0.2, -0.15) is 0 Å². The quantitative estimate of drug-likeness (QED) is 0.532. The molecule has 0 unspecified atom stereocenters. The van der Waals surface area contributed by atoms with Crippen molar-refractivity contribution in [2.75, 3.05) is 0 Å². The van der Waals surface area contributed by atoms with Crippen LogP contribution in [-0.2, 0) is 0 Å². The smallest absolute Gasteiger partial charge is 0.212 e. The number of nitrogens with zero attached hydrogens (tertiary/aromatic N) is 1. The number of rotatable bonds is 0. The van der Waals surface area contributed by atoms with Crippen molar-refractivity contribution >= 4 is 23.2 Å². The average molecular weight is 178 g/mol. The molecule has 0 bridgehead atoms. The number of fused-ring (bicyclic) bond motifs is 1. The molecule has 3 nitrogen and oxygen atoms in total. The lowest BCUT2D eigenvalue weighted by Crippen LogP contribution is -2.40. The molecule has 0 saturated carbocycles. The van der Waals surface area contributed by atoms with E-state index in [2.05, 4.69) is 12.4 Å². The van der Waals surface area contributed by atoms with Gasteiger partial charge in [0, 0.05) is 0 Å². The second kappa shape index (κ2) is 2.28. The Hall–Kier alpha value is -1.42. The van der Waals surface area contributed by atoms with E-state index in [9.17, 15) is 9.59 Å². The van der Waals surface area contributed by atoms with Crippen LogP contribution in [0.1, 0.15) is 0 Å². The molecule has 4 heteroatoms. The van der Waals surface area contributed by atoms with Crippen LogP contribution < -0.4 is 14.7 Å². The number of benzene rings is 1. The van der Waals surface area contributed by atoms with Gasteiger partial charge in [-0.25, -0.2) is 9.59 Å². The van der Waals surface area contributed by atoms with Crippen LogP contribution in [0, 0.1) is 0 Å². The lowest BCUT2D eigenvalue weighted by molar-refractivity contribution is -0.461. The summed E-state index contributed by atoms with van der Waals surface area (Å²) in [4.78, 5) is 22.4. The van der Waals surface area contributed by atoms with Crippen molar-refractivity contribution in [3.05, 3.63) is 45.0 Å². The Kier molecular flexibility index (Phi) is 1.38. The summed E-state index contributed by atoms with van der Waals surface area (Å²) in [6.07, 6.45) is 0. The molecule has 0 saturated heterocycles. The Balaban J connectivity index is 3.33. The summed E-state index contributed by atoms with van der Waals surface area (Å²) in [7, 11) is 0. The molecule has 0 aliphatic heterocycles. The molecule has 1 aromatic carbocycles. The number of aromatic nitrogens is 1. The zero-order chi connectivity index (χ0) is 8.72. The zero-order valence-electron chi connectivity index (χ0n) is 5.98. The minimum absolute atomic E-state index is 0.398. The van der Waals surface area contributed by atoms with E-state index in [1.807, 2.05) is 0 Å². The third kappa shape index (κ3) is 0.753. The minimum atomic E-state index is -0.398. The van der Waals surface area contributed by atoms with Gasteiger partial charge in [0.15, 0.2) is 0 Å². The molecule has 0 aliphatic rings. The van der Waals surface area contributed by atoms with Gasteiger partial charge in [-0.3, -0.25) is 0 Å². The lowest BCUT2D eigenvalue weighted by Gasteiger charge is -1.76. The summed E-state index contributed by atoms with van der Waals surface area (Å²) >= 11 is 4.59. The predicted molar refractivity (Wildman–Crippen MR) is 46.5 cm³/mol. The van der Waals surface area contributed by atoms with Gasteiger partial charge >= 0.3 is 11.1 Å². The van der Waals surface area contributed by atoms with Crippen LogP contribution in [0.5, 0.6) is 0 Å². The van der Waals surface area contributed by atoms with Crippen LogP contribution in [0.2, 0.25) is 0 Å². The summed E-state index contributed by atoms with van der Waals surface area (Å²) in [6.45, 7) is 0. The fourth-order valence-corrected chi connectivity index (χ4v) is 1.36. The van der Waals surface area contributed by atoms with Crippen LogP contribution in [-0.4, -0.2) is 0 Å². The number of hydrogen-bond donors (Lipinski definition) is 0. The van der Waals surface area contributed by atoms with E-state index in [0.717, 1.165) is 0 Å². The standard InChI is InChI=1S/C8H4NO2S/c10-7-5-3-1-2-4-6(5)8(11)9(7)12/h1-4H/q+1. The van der Waals surface area contributed by atoms with E-state index in [1.54, 1.807) is 24.3 Å².